The highest BCUT2D eigenvalue weighted by molar-refractivity contribution is 5.82. The quantitative estimate of drug-likeness (QED) is 0.519. The van der Waals surface area contributed by atoms with E-state index in [1.54, 1.807) is 20.5 Å². The fourth-order valence-electron chi connectivity index (χ4n) is 3.20. The molecule has 0 saturated heterocycles. The lowest BCUT2D eigenvalue weighted by atomic mass is 10.3. The molecular weight excluding hydrogens is 360 g/mol. The molecule has 4 aromatic heterocycles. The summed E-state index contributed by atoms with van der Waals surface area (Å²) in [4.78, 5) is 27.0. The van der Waals surface area contributed by atoms with Gasteiger partial charge in [-0.1, -0.05) is 0 Å². The van der Waals surface area contributed by atoms with Crippen molar-refractivity contribution in [2.75, 3.05) is 14.2 Å². The van der Waals surface area contributed by atoms with E-state index in [0.717, 1.165) is 0 Å². The largest absolute Gasteiger partial charge is 0.479 e. The third-order valence-corrected chi connectivity index (χ3v) is 4.49. The van der Waals surface area contributed by atoms with Crippen LogP contribution in [0, 0.1) is 0 Å². The van der Waals surface area contributed by atoms with Crippen LogP contribution in [0.5, 0.6) is 11.8 Å². The zero-order valence-corrected chi connectivity index (χ0v) is 16.7. The second-order valence-corrected chi connectivity index (χ2v) is 6.93. The van der Waals surface area contributed by atoms with Gasteiger partial charge in [-0.15, -0.1) is 0 Å². The number of methoxy groups -OCH3 is 2. The highest BCUT2D eigenvalue weighted by Crippen LogP contribution is 2.32. The zero-order valence-electron chi connectivity index (χ0n) is 16.7. The molecule has 0 atom stereocenters. The van der Waals surface area contributed by atoms with Crippen molar-refractivity contribution in [3.8, 4) is 23.4 Å². The van der Waals surface area contributed by atoms with Crippen molar-refractivity contribution >= 4 is 22.3 Å². The summed E-state index contributed by atoms with van der Waals surface area (Å²) in [6.07, 6.45) is 3.21. The van der Waals surface area contributed by atoms with E-state index in [4.69, 9.17) is 19.4 Å². The molecule has 0 fully saturated rings. The van der Waals surface area contributed by atoms with E-state index >= 15 is 0 Å². The molecule has 0 aliphatic rings. The molecule has 4 aromatic rings. The van der Waals surface area contributed by atoms with Gasteiger partial charge in [-0.05, 0) is 27.7 Å². The molecule has 10 heteroatoms. The average molecular weight is 382 g/mol. The summed E-state index contributed by atoms with van der Waals surface area (Å²) in [5.41, 5.74) is 2.53. The van der Waals surface area contributed by atoms with E-state index in [2.05, 4.69) is 33.8 Å². The molecule has 28 heavy (non-hydrogen) atoms. The van der Waals surface area contributed by atoms with Crippen LogP contribution < -0.4 is 9.47 Å². The SMILES string of the molecule is COc1nc(-c2nc3c(OC)ncnc3n2C(C)C)nc2c1ncn2C(C)C. The lowest BCUT2D eigenvalue weighted by Crippen LogP contribution is -2.08. The van der Waals surface area contributed by atoms with Gasteiger partial charge in [0.05, 0.1) is 20.5 Å². The molecule has 10 nitrogen and oxygen atoms in total. The Kier molecular flexibility index (Phi) is 4.33. The normalized spacial score (nSPS) is 11.9. The number of hydrogen-bond donors (Lipinski definition) is 0. The minimum atomic E-state index is 0.0694. The molecule has 0 bridgehead atoms. The molecule has 0 N–H and O–H groups in total. The topological polar surface area (TPSA) is 106 Å². The van der Waals surface area contributed by atoms with Crippen molar-refractivity contribution in [3.63, 3.8) is 0 Å². The van der Waals surface area contributed by atoms with E-state index in [1.807, 2.05) is 23.0 Å². The molecule has 0 spiro atoms. The summed E-state index contributed by atoms with van der Waals surface area (Å²) in [7, 11) is 3.13. The maximum absolute atomic E-state index is 5.49. The standard InChI is InChI=1S/C18H22N8O2/c1-9(2)25-8-21-11-15(25)23-13(24-18(11)28-6)16-22-12-14(26(16)10(3)4)19-7-20-17(12)27-5/h7-10H,1-6H3. The number of imidazole rings is 2. The Balaban J connectivity index is 2.06. The zero-order chi connectivity index (χ0) is 20.0. The Morgan fingerprint density at radius 3 is 2.18 bits per heavy atom. The number of aromatic nitrogens is 8. The highest BCUT2D eigenvalue weighted by Gasteiger charge is 2.24. The van der Waals surface area contributed by atoms with Gasteiger partial charge in [-0.25, -0.2) is 19.9 Å². The van der Waals surface area contributed by atoms with Crippen LogP contribution in [0.3, 0.4) is 0 Å². The molecule has 0 unspecified atom stereocenters. The third-order valence-electron chi connectivity index (χ3n) is 4.49. The average Bonchev–Trinajstić information content (AvgIpc) is 3.28. The van der Waals surface area contributed by atoms with Gasteiger partial charge in [-0.2, -0.15) is 9.97 Å². The van der Waals surface area contributed by atoms with E-state index in [-0.39, 0.29) is 12.1 Å². The predicted octanol–water partition coefficient (Wildman–Crippen LogP) is 2.81. The van der Waals surface area contributed by atoms with E-state index in [0.29, 0.717) is 45.7 Å². The van der Waals surface area contributed by atoms with Crippen LogP contribution in [0.15, 0.2) is 12.7 Å². The number of fused-ring (bicyclic) bond motifs is 2. The van der Waals surface area contributed by atoms with Crippen molar-refractivity contribution in [1.82, 2.24) is 39.0 Å². The second kappa shape index (κ2) is 6.70. The highest BCUT2D eigenvalue weighted by atomic mass is 16.5. The Labute approximate surface area is 161 Å². The molecule has 4 heterocycles. The molecule has 0 aliphatic heterocycles. The van der Waals surface area contributed by atoms with Gasteiger partial charge >= 0.3 is 0 Å². The van der Waals surface area contributed by atoms with Gasteiger partial charge in [-0.3, -0.25) is 0 Å². The lowest BCUT2D eigenvalue weighted by Gasteiger charge is -2.13. The van der Waals surface area contributed by atoms with Crippen LogP contribution in [0.2, 0.25) is 0 Å². The van der Waals surface area contributed by atoms with Gasteiger partial charge in [0.15, 0.2) is 28.2 Å². The first kappa shape index (κ1) is 18.1. The maximum atomic E-state index is 5.49. The van der Waals surface area contributed by atoms with Crippen LogP contribution in [-0.4, -0.2) is 53.3 Å². The van der Waals surface area contributed by atoms with Crippen molar-refractivity contribution in [2.45, 2.75) is 39.8 Å². The summed E-state index contributed by atoms with van der Waals surface area (Å²) >= 11 is 0. The Hall–Kier alpha value is -3.30. The lowest BCUT2D eigenvalue weighted by molar-refractivity contribution is 0.401. The first-order valence-electron chi connectivity index (χ1n) is 9.02. The van der Waals surface area contributed by atoms with Crippen LogP contribution in [0.1, 0.15) is 39.8 Å². The first-order chi connectivity index (χ1) is 13.5. The molecule has 0 radical (unpaired) electrons. The van der Waals surface area contributed by atoms with Crippen LogP contribution >= 0.6 is 0 Å². The molecule has 146 valence electrons. The summed E-state index contributed by atoms with van der Waals surface area (Å²) in [5.74, 6) is 1.81. The van der Waals surface area contributed by atoms with Crippen molar-refractivity contribution in [3.05, 3.63) is 12.7 Å². The van der Waals surface area contributed by atoms with E-state index in [9.17, 15) is 0 Å². The summed E-state index contributed by atoms with van der Waals surface area (Å²) < 4.78 is 14.8. The monoisotopic (exact) mass is 382 g/mol. The van der Waals surface area contributed by atoms with Crippen LogP contribution in [0.4, 0.5) is 0 Å². The fourth-order valence-corrected chi connectivity index (χ4v) is 3.20. The Morgan fingerprint density at radius 2 is 1.54 bits per heavy atom. The van der Waals surface area contributed by atoms with Crippen molar-refractivity contribution in [1.29, 1.82) is 0 Å². The predicted molar refractivity (Wildman–Crippen MR) is 104 cm³/mol. The molecular formula is C18H22N8O2. The smallest absolute Gasteiger partial charge is 0.245 e. The number of rotatable bonds is 5. The van der Waals surface area contributed by atoms with Crippen LogP contribution in [0.25, 0.3) is 34.0 Å². The molecule has 0 aliphatic carbocycles. The second-order valence-electron chi connectivity index (χ2n) is 6.93. The van der Waals surface area contributed by atoms with Crippen molar-refractivity contribution < 1.29 is 9.47 Å². The fraction of sp³-hybridized carbons (Fsp3) is 0.444. The van der Waals surface area contributed by atoms with E-state index in [1.165, 1.54) is 6.33 Å². The molecule has 0 saturated carbocycles. The van der Waals surface area contributed by atoms with Crippen molar-refractivity contribution in [2.24, 2.45) is 0 Å². The number of ether oxygens (including phenoxy) is 2. The number of nitrogens with zero attached hydrogens (tertiary/aromatic N) is 8. The summed E-state index contributed by atoms with van der Waals surface area (Å²) in [6, 6.07) is 0.257. The minimum absolute atomic E-state index is 0.0694. The van der Waals surface area contributed by atoms with Gasteiger partial charge in [0, 0.05) is 12.1 Å². The van der Waals surface area contributed by atoms with E-state index < -0.39 is 0 Å². The van der Waals surface area contributed by atoms with Crippen LogP contribution in [-0.2, 0) is 0 Å². The van der Waals surface area contributed by atoms with Gasteiger partial charge in [0.2, 0.25) is 17.6 Å². The summed E-state index contributed by atoms with van der Waals surface area (Å²) in [6.45, 7) is 8.24. The van der Waals surface area contributed by atoms with Gasteiger partial charge < -0.3 is 18.6 Å². The summed E-state index contributed by atoms with van der Waals surface area (Å²) in [5, 5.41) is 0. The third kappa shape index (κ3) is 2.63. The Bertz CT molecular complexity index is 1160. The molecule has 0 amide bonds. The molecule has 4 rings (SSSR count). The first-order valence-corrected chi connectivity index (χ1v) is 9.02. The van der Waals surface area contributed by atoms with Gasteiger partial charge in [0.25, 0.3) is 0 Å². The number of hydrogen-bond acceptors (Lipinski definition) is 8. The maximum Gasteiger partial charge on any atom is 0.245 e. The minimum Gasteiger partial charge on any atom is -0.479 e. The Morgan fingerprint density at radius 1 is 0.786 bits per heavy atom. The molecule has 0 aromatic carbocycles. The van der Waals surface area contributed by atoms with Gasteiger partial charge in [0.1, 0.15) is 6.33 Å².